The minimum absolute atomic E-state index is 0.0149. The molecule has 2 aromatic carbocycles. The third-order valence-electron chi connectivity index (χ3n) is 5.32. The van der Waals surface area contributed by atoms with Crippen molar-refractivity contribution in [3.8, 4) is 0 Å². The van der Waals surface area contributed by atoms with Crippen LogP contribution in [0.1, 0.15) is 35.3 Å². The minimum atomic E-state index is -0.253. The zero-order valence-corrected chi connectivity index (χ0v) is 19.1. The van der Waals surface area contributed by atoms with Crippen LogP contribution < -0.4 is 4.90 Å². The number of hydrogen-bond acceptors (Lipinski definition) is 3. The smallest absolute Gasteiger partial charge is 0.254 e. The van der Waals surface area contributed by atoms with Crippen LogP contribution in [0.2, 0.25) is 5.02 Å². The highest BCUT2D eigenvalue weighted by molar-refractivity contribution is 6.31. The molecule has 0 bridgehead atoms. The standard InChI is InChI=1S/C24H28ClN3O3/c1-16(2)12-26(24(31)19-10-8-17(3)9-11-19)13-22(29)27-14-23(30)28(15-27)21-7-5-6-20(25)18(21)4/h5-11,16H,12-15H2,1-4H3. The van der Waals surface area contributed by atoms with Crippen molar-refractivity contribution in [2.24, 2.45) is 5.92 Å². The summed E-state index contributed by atoms with van der Waals surface area (Å²) < 4.78 is 0. The van der Waals surface area contributed by atoms with E-state index in [-0.39, 0.29) is 43.4 Å². The number of hydrogen-bond donors (Lipinski definition) is 0. The Balaban J connectivity index is 1.74. The minimum Gasteiger partial charge on any atom is -0.329 e. The molecule has 31 heavy (non-hydrogen) atoms. The van der Waals surface area contributed by atoms with Gasteiger partial charge in [0.2, 0.25) is 11.8 Å². The molecular formula is C24H28ClN3O3. The lowest BCUT2D eigenvalue weighted by Gasteiger charge is -2.27. The Morgan fingerprint density at radius 3 is 2.42 bits per heavy atom. The molecule has 0 radical (unpaired) electrons. The van der Waals surface area contributed by atoms with Crippen LogP contribution in [0.15, 0.2) is 42.5 Å². The van der Waals surface area contributed by atoms with E-state index in [2.05, 4.69) is 0 Å². The normalized spacial score (nSPS) is 13.8. The molecule has 1 saturated heterocycles. The first kappa shape index (κ1) is 22.8. The molecule has 0 N–H and O–H groups in total. The van der Waals surface area contributed by atoms with E-state index >= 15 is 0 Å². The molecule has 7 heteroatoms. The van der Waals surface area contributed by atoms with Gasteiger partial charge in [0, 0.05) is 22.8 Å². The van der Waals surface area contributed by atoms with Gasteiger partial charge in [-0.05, 0) is 49.6 Å². The molecule has 164 valence electrons. The van der Waals surface area contributed by atoms with Crippen molar-refractivity contribution in [1.82, 2.24) is 9.80 Å². The Labute approximate surface area is 188 Å². The number of halogens is 1. The predicted octanol–water partition coefficient (Wildman–Crippen LogP) is 3.89. The van der Waals surface area contributed by atoms with Gasteiger partial charge in [-0.1, -0.05) is 49.2 Å². The summed E-state index contributed by atoms with van der Waals surface area (Å²) in [6, 6.07) is 12.7. The van der Waals surface area contributed by atoms with Crippen molar-refractivity contribution in [1.29, 1.82) is 0 Å². The molecule has 0 aliphatic carbocycles. The second-order valence-electron chi connectivity index (χ2n) is 8.38. The summed E-state index contributed by atoms with van der Waals surface area (Å²) >= 11 is 6.20. The SMILES string of the molecule is Cc1ccc(C(=O)N(CC(=O)N2CC(=O)N(c3cccc(Cl)c3C)C2)CC(C)C)cc1. The van der Waals surface area contributed by atoms with Gasteiger partial charge in [-0.15, -0.1) is 0 Å². The fourth-order valence-corrected chi connectivity index (χ4v) is 3.79. The first-order chi connectivity index (χ1) is 14.7. The highest BCUT2D eigenvalue weighted by atomic mass is 35.5. The molecule has 1 fully saturated rings. The Kier molecular flexibility index (Phi) is 7.01. The van der Waals surface area contributed by atoms with Crippen LogP contribution in [0.3, 0.4) is 0 Å². The summed E-state index contributed by atoms with van der Waals surface area (Å²) in [5.41, 5.74) is 3.10. The summed E-state index contributed by atoms with van der Waals surface area (Å²) in [6.07, 6.45) is 0. The van der Waals surface area contributed by atoms with Crippen molar-refractivity contribution in [2.75, 3.05) is 31.2 Å². The maximum Gasteiger partial charge on any atom is 0.254 e. The molecule has 3 rings (SSSR count). The van der Waals surface area contributed by atoms with Crippen molar-refractivity contribution >= 4 is 35.0 Å². The van der Waals surface area contributed by atoms with Crippen LogP contribution in [0, 0.1) is 19.8 Å². The lowest BCUT2D eigenvalue weighted by molar-refractivity contribution is -0.132. The zero-order chi connectivity index (χ0) is 22.7. The van der Waals surface area contributed by atoms with Crippen molar-refractivity contribution in [3.05, 3.63) is 64.2 Å². The van der Waals surface area contributed by atoms with Crippen molar-refractivity contribution in [2.45, 2.75) is 27.7 Å². The predicted molar refractivity (Wildman–Crippen MR) is 122 cm³/mol. The third kappa shape index (κ3) is 5.25. The number of nitrogens with zero attached hydrogens (tertiary/aromatic N) is 3. The molecule has 0 unspecified atom stereocenters. The van der Waals surface area contributed by atoms with Gasteiger partial charge in [0.1, 0.15) is 19.8 Å². The zero-order valence-electron chi connectivity index (χ0n) is 18.4. The van der Waals surface area contributed by atoms with Gasteiger partial charge in [-0.3, -0.25) is 19.3 Å². The number of anilines is 1. The van der Waals surface area contributed by atoms with Gasteiger partial charge >= 0.3 is 0 Å². The molecule has 1 heterocycles. The van der Waals surface area contributed by atoms with E-state index in [0.29, 0.717) is 22.8 Å². The monoisotopic (exact) mass is 441 g/mol. The fourth-order valence-electron chi connectivity index (χ4n) is 3.62. The van der Waals surface area contributed by atoms with E-state index in [4.69, 9.17) is 11.6 Å². The van der Waals surface area contributed by atoms with Gasteiger partial charge in [0.15, 0.2) is 0 Å². The Hall–Kier alpha value is -2.86. The van der Waals surface area contributed by atoms with Crippen LogP contribution in [0.25, 0.3) is 0 Å². The number of benzene rings is 2. The van der Waals surface area contributed by atoms with Crippen LogP contribution in [-0.2, 0) is 9.59 Å². The van der Waals surface area contributed by atoms with Crippen LogP contribution in [0.5, 0.6) is 0 Å². The van der Waals surface area contributed by atoms with Gasteiger partial charge in [0.05, 0.1) is 0 Å². The summed E-state index contributed by atoms with van der Waals surface area (Å²) in [4.78, 5) is 43.3. The topological polar surface area (TPSA) is 60.9 Å². The largest absolute Gasteiger partial charge is 0.329 e. The molecular weight excluding hydrogens is 414 g/mol. The molecule has 2 aromatic rings. The van der Waals surface area contributed by atoms with Gasteiger partial charge in [0.25, 0.3) is 5.91 Å². The van der Waals surface area contributed by atoms with Crippen LogP contribution in [-0.4, -0.2) is 53.8 Å². The quantitative estimate of drug-likeness (QED) is 0.683. The molecule has 0 saturated carbocycles. The van der Waals surface area contributed by atoms with E-state index in [0.717, 1.165) is 11.1 Å². The van der Waals surface area contributed by atoms with Crippen molar-refractivity contribution < 1.29 is 14.4 Å². The average Bonchev–Trinajstić information content (AvgIpc) is 3.11. The van der Waals surface area contributed by atoms with E-state index in [1.807, 2.05) is 45.9 Å². The number of aryl methyl sites for hydroxylation is 1. The van der Waals surface area contributed by atoms with E-state index in [1.54, 1.807) is 34.1 Å². The van der Waals surface area contributed by atoms with E-state index in [9.17, 15) is 14.4 Å². The van der Waals surface area contributed by atoms with Gasteiger partial charge in [-0.2, -0.15) is 0 Å². The second-order valence-corrected chi connectivity index (χ2v) is 8.79. The van der Waals surface area contributed by atoms with E-state index < -0.39 is 0 Å². The Morgan fingerprint density at radius 1 is 1.10 bits per heavy atom. The van der Waals surface area contributed by atoms with Gasteiger partial charge < -0.3 is 9.80 Å². The molecule has 1 aliphatic rings. The molecule has 3 amide bonds. The number of carbonyl (C=O) groups is 3. The molecule has 0 aromatic heterocycles. The van der Waals surface area contributed by atoms with E-state index in [1.165, 1.54) is 4.90 Å². The number of rotatable bonds is 6. The van der Waals surface area contributed by atoms with Crippen LogP contribution in [0.4, 0.5) is 5.69 Å². The van der Waals surface area contributed by atoms with Crippen molar-refractivity contribution in [3.63, 3.8) is 0 Å². The fraction of sp³-hybridized carbons (Fsp3) is 0.375. The Bertz CT molecular complexity index is 988. The highest BCUT2D eigenvalue weighted by Crippen LogP contribution is 2.28. The Morgan fingerprint density at radius 2 is 1.77 bits per heavy atom. The molecule has 6 nitrogen and oxygen atoms in total. The maximum absolute atomic E-state index is 13.0. The maximum atomic E-state index is 13.0. The highest BCUT2D eigenvalue weighted by Gasteiger charge is 2.34. The second kappa shape index (κ2) is 9.52. The first-order valence-electron chi connectivity index (χ1n) is 10.4. The summed E-state index contributed by atoms with van der Waals surface area (Å²) in [6.45, 7) is 8.33. The number of carbonyl (C=O) groups excluding carboxylic acids is 3. The number of amides is 3. The summed E-state index contributed by atoms with van der Waals surface area (Å²) in [5.74, 6) is -0.404. The molecule has 0 spiro atoms. The lowest BCUT2D eigenvalue weighted by Crippen LogP contribution is -2.44. The third-order valence-corrected chi connectivity index (χ3v) is 5.73. The average molecular weight is 442 g/mol. The summed E-state index contributed by atoms with van der Waals surface area (Å²) in [7, 11) is 0. The summed E-state index contributed by atoms with van der Waals surface area (Å²) in [5, 5.41) is 0.571. The molecule has 1 aliphatic heterocycles. The van der Waals surface area contributed by atoms with Gasteiger partial charge in [-0.25, -0.2) is 0 Å². The van der Waals surface area contributed by atoms with Crippen LogP contribution >= 0.6 is 11.6 Å². The molecule has 0 atom stereocenters. The lowest BCUT2D eigenvalue weighted by atomic mass is 10.1. The first-order valence-corrected chi connectivity index (χ1v) is 10.7.